The fourth-order valence-electron chi connectivity index (χ4n) is 3.64. The zero-order valence-corrected chi connectivity index (χ0v) is 16.2. The van der Waals surface area contributed by atoms with Crippen molar-refractivity contribution in [3.8, 4) is 5.75 Å². The van der Waals surface area contributed by atoms with E-state index in [0.29, 0.717) is 31.1 Å². The summed E-state index contributed by atoms with van der Waals surface area (Å²) in [5, 5.41) is 3.07. The summed E-state index contributed by atoms with van der Waals surface area (Å²) in [6, 6.07) is 17.1. The first kappa shape index (κ1) is 19.4. The molecule has 2 aromatic rings. The lowest BCUT2D eigenvalue weighted by Gasteiger charge is -2.39. The Morgan fingerprint density at radius 3 is 2.41 bits per heavy atom. The normalized spacial score (nSPS) is 21.4. The van der Waals surface area contributed by atoms with Crippen LogP contribution in [0.1, 0.15) is 32.4 Å². The van der Waals surface area contributed by atoms with Crippen LogP contribution in [0.15, 0.2) is 54.6 Å². The quantitative estimate of drug-likeness (QED) is 0.841. The molecule has 0 bridgehead atoms. The van der Waals surface area contributed by atoms with Crippen molar-refractivity contribution in [3.05, 3.63) is 60.2 Å². The van der Waals surface area contributed by atoms with Crippen LogP contribution in [-0.4, -0.2) is 42.7 Å². The lowest BCUT2D eigenvalue weighted by atomic mass is 10.0. The Balaban J connectivity index is 1.88. The minimum absolute atomic E-state index is 0.0605. The van der Waals surface area contributed by atoms with E-state index in [4.69, 9.17) is 9.47 Å². The van der Waals surface area contributed by atoms with Gasteiger partial charge >= 0.3 is 0 Å². The zero-order valence-electron chi connectivity index (χ0n) is 16.2. The Morgan fingerprint density at radius 2 is 1.74 bits per heavy atom. The smallest absolute Gasteiger partial charge is 0.246 e. The van der Waals surface area contributed by atoms with Gasteiger partial charge in [-0.15, -0.1) is 0 Å². The molecule has 1 fully saturated rings. The molecule has 5 nitrogen and oxygen atoms in total. The van der Waals surface area contributed by atoms with E-state index < -0.39 is 0 Å². The molecule has 1 saturated heterocycles. The average Bonchev–Trinajstić information content (AvgIpc) is 2.64. The molecule has 1 aliphatic heterocycles. The number of ether oxygens (including phenoxy) is 2. The summed E-state index contributed by atoms with van der Waals surface area (Å²) in [5.74, 6) is 0.624. The monoisotopic (exact) mass is 368 g/mol. The predicted octanol–water partition coefficient (Wildman–Crippen LogP) is 3.87. The van der Waals surface area contributed by atoms with Crippen LogP contribution in [0.2, 0.25) is 0 Å². The van der Waals surface area contributed by atoms with E-state index in [9.17, 15) is 4.79 Å². The maximum atomic E-state index is 13.3. The number of carbonyl (C=O) groups excluding carboxylic acids is 1. The minimum Gasteiger partial charge on any atom is -0.492 e. The molecule has 0 aromatic heterocycles. The van der Waals surface area contributed by atoms with Gasteiger partial charge in [-0.1, -0.05) is 42.5 Å². The largest absolute Gasteiger partial charge is 0.492 e. The molecule has 5 heteroatoms. The lowest BCUT2D eigenvalue weighted by molar-refractivity contribution is -0.128. The van der Waals surface area contributed by atoms with Gasteiger partial charge in [0.05, 0.1) is 24.5 Å². The maximum absolute atomic E-state index is 13.3. The minimum atomic E-state index is -0.380. The third-order valence-corrected chi connectivity index (χ3v) is 4.62. The molecule has 2 aromatic carbocycles. The van der Waals surface area contributed by atoms with Gasteiger partial charge in [0.15, 0.2) is 0 Å². The number of benzene rings is 2. The van der Waals surface area contributed by atoms with Crippen LogP contribution in [0, 0.1) is 0 Å². The van der Waals surface area contributed by atoms with Crippen molar-refractivity contribution in [1.82, 2.24) is 4.90 Å². The predicted molar refractivity (Wildman–Crippen MR) is 107 cm³/mol. The van der Waals surface area contributed by atoms with Crippen LogP contribution in [0.5, 0.6) is 5.75 Å². The number of nitrogens with one attached hydrogen (secondary N) is 1. The maximum Gasteiger partial charge on any atom is 0.246 e. The van der Waals surface area contributed by atoms with Crippen molar-refractivity contribution in [2.75, 3.05) is 25.0 Å². The Bertz CT molecular complexity index is 740. The number of hydrogen-bond acceptors (Lipinski definition) is 4. The molecule has 27 heavy (non-hydrogen) atoms. The first-order valence-corrected chi connectivity index (χ1v) is 9.55. The number of morpholine rings is 1. The van der Waals surface area contributed by atoms with Crippen molar-refractivity contribution in [2.45, 2.75) is 39.0 Å². The fraction of sp³-hybridized carbons (Fsp3) is 0.409. The van der Waals surface area contributed by atoms with Gasteiger partial charge in [-0.2, -0.15) is 0 Å². The highest BCUT2D eigenvalue weighted by atomic mass is 16.5. The second kappa shape index (κ2) is 9.02. The number of para-hydroxylation sites is 2. The van der Waals surface area contributed by atoms with E-state index in [-0.39, 0.29) is 24.2 Å². The number of rotatable bonds is 6. The van der Waals surface area contributed by atoms with Crippen molar-refractivity contribution >= 4 is 11.6 Å². The van der Waals surface area contributed by atoms with E-state index in [1.165, 1.54) is 0 Å². The molecule has 144 valence electrons. The molecular formula is C22H28N2O3. The number of amides is 1. The van der Waals surface area contributed by atoms with Crippen molar-refractivity contribution in [3.63, 3.8) is 0 Å². The standard InChI is InChI=1S/C22H28N2O3/c1-4-26-20-13-9-8-12-19(20)23-22(25)21(18-10-6-5-7-11-18)24-14-16(2)27-17(3)15-24/h5-13,16-17,21H,4,14-15H2,1-3H3,(H,23,25)/t16-,17+,21-/m1/s1. The van der Waals surface area contributed by atoms with E-state index in [1.807, 2.05) is 75.4 Å². The first-order valence-electron chi connectivity index (χ1n) is 9.55. The number of nitrogens with zero attached hydrogens (tertiary/aromatic N) is 1. The highest BCUT2D eigenvalue weighted by Crippen LogP contribution is 2.29. The Hall–Kier alpha value is -2.37. The third kappa shape index (κ3) is 4.87. The first-order chi connectivity index (χ1) is 13.1. The molecule has 0 radical (unpaired) electrons. The van der Waals surface area contributed by atoms with Gasteiger partial charge in [-0.05, 0) is 38.5 Å². The third-order valence-electron chi connectivity index (χ3n) is 4.62. The van der Waals surface area contributed by atoms with Gasteiger partial charge in [0, 0.05) is 13.1 Å². The number of anilines is 1. The molecular weight excluding hydrogens is 340 g/mol. The Labute approximate surface area is 161 Å². The van der Waals surface area contributed by atoms with Crippen molar-refractivity contribution < 1.29 is 14.3 Å². The zero-order chi connectivity index (χ0) is 19.2. The van der Waals surface area contributed by atoms with Crippen LogP contribution in [0.3, 0.4) is 0 Å². The van der Waals surface area contributed by atoms with Gasteiger partial charge in [-0.25, -0.2) is 0 Å². The van der Waals surface area contributed by atoms with Gasteiger partial charge in [0.2, 0.25) is 5.91 Å². The molecule has 1 aliphatic rings. The Kier molecular flexibility index (Phi) is 6.48. The second-order valence-corrected chi connectivity index (χ2v) is 6.94. The van der Waals surface area contributed by atoms with E-state index in [1.54, 1.807) is 0 Å². The molecule has 0 saturated carbocycles. The summed E-state index contributed by atoms with van der Waals surface area (Å²) in [6.07, 6.45) is 0.173. The molecule has 3 atom stereocenters. The molecule has 0 unspecified atom stereocenters. The SMILES string of the molecule is CCOc1ccccc1NC(=O)[C@@H](c1ccccc1)N1C[C@@H](C)O[C@@H](C)C1. The molecule has 0 aliphatic carbocycles. The lowest BCUT2D eigenvalue weighted by Crippen LogP contribution is -2.49. The van der Waals surface area contributed by atoms with Gasteiger partial charge in [0.25, 0.3) is 0 Å². The van der Waals surface area contributed by atoms with E-state index in [2.05, 4.69) is 10.2 Å². The van der Waals surface area contributed by atoms with Crippen LogP contribution < -0.4 is 10.1 Å². The molecule has 1 amide bonds. The molecule has 1 N–H and O–H groups in total. The van der Waals surface area contributed by atoms with Crippen molar-refractivity contribution in [2.24, 2.45) is 0 Å². The highest BCUT2D eigenvalue weighted by molar-refractivity contribution is 5.96. The fourth-order valence-corrected chi connectivity index (χ4v) is 3.64. The summed E-state index contributed by atoms with van der Waals surface area (Å²) in [4.78, 5) is 15.5. The van der Waals surface area contributed by atoms with Crippen LogP contribution in [0.25, 0.3) is 0 Å². The number of hydrogen-bond donors (Lipinski definition) is 1. The van der Waals surface area contributed by atoms with E-state index >= 15 is 0 Å². The van der Waals surface area contributed by atoms with Crippen LogP contribution in [-0.2, 0) is 9.53 Å². The van der Waals surface area contributed by atoms with Crippen molar-refractivity contribution in [1.29, 1.82) is 0 Å². The average molecular weight is 368 g/mol. The molecule has 0 spiro atoms. The van der Waals surface area contributed by atoms with Gasteiger partial charge in [0.1, 0.15) is 11.8 Å². The topological polar surface area (TPSA) is 50.8 Å². The van der Waals surface area contributed by atoms with E-state index in [0.717, 1.165) is 5.56 Å². The van der Waals surface area contributed by atoms with Crippen LogP contribution in [0.4, 0.5) is 5.69 Å². The highest BCUT2D eigenvalue weighted by Gasteiger charge is 2.33. The van der Waals surface area contributed by atoms with Gasteiger partial charge < -0.3 is 14.8 Å². The summed E-state index contributed by atoms with van der Waals surface area (Å²) >= 11 is 0. The van der Waals surface area contributed by atoms with Crippen LogP contribution >= 0.6 is 0 Å². The number of carbonyl (C=O) groups is 1. The Morgan fingerprint density at radius 1 is 1.11 bits per heavy atom. The molecule has 3 rings (SSSR count). The summed E-state index contributed by atoms with van der Waals surface area (Å²) in [6.45, 7) is 8.00. The summed E-state index contributed by atoms with van der Waals surface area (Å²) in [7, 11) is 0. The van der Waals surface area contributed by atoms with Gasteiger partial charge in [-0.3, -0.25) is 9.69 Å². The second-order valence-electron chi connectivity index (χ2n) is 6.94. The molecule has 1 heterocycles. The summed E-state index contributed by atoms with van der Waals surface area (Å²) < 4.78 is 11.5. The summed E-state index contributed by atoms with van der Waals surface area (Å²) in [5.41, 5.74) is 1.67.